The summed E-state index contributed by atoms with van der Waals surface area (Å²) in [6, 6.07) is 1.08. The first-order valence-electron chi connectivity index (χ1n) is 7.66. The third kappa shape index (κ3) is 4.33. The Labute approximate surface area is 126 Å². The molecule has 0 spiro atoms. The zero-order valence-electron chi connectivity index (χ0n) is 12.6. The molecule has 3 atom stereocenters. The minimum atomic E-state index is 0.199. The van der Waals surface area contributed by atoms with Gasteiger partial charge in [-0.1, -0.05) is 26.8 Å². The quantitative estimate of drug-likeness (QED) is 0.628. The van der Waals surface area contributed by atoms with Crippen LogP contribution >= 0.6 is 11.8 Å². The number of amides is 1. The predicted molar refractivity (Wildman–Crippen MR) is 85.5 cm³/mol. The van der Waals surface area contributed by atoms with E-state index in [2.05, 4.69) is 36.4 Å². The van der Waals surface area contributed by atoms with Crippen molar-refractivity contribution in [2.75, 3.05) is 12.3 Å². The van der Waals surface area contributed by atoms with Crippen molar-refractivity contribution >= 4 is 17.7 Å². The van der Waals surface area contributed by atoms with Gasteiger partial charge in [-0.2, -0.15) is 11.8 Å². The van der Waals surface area contributed by atoms with Crippen LogP contribution in [0.1, 0.15) is 39.5 Å². The molecule has 0 unspecified atom stereocenters. The van der Waals surface area contributed by atoms with E-state index in [4.69, 9.17) is 0 Å². The third-order valence-corrected chi connectivity index (χ3v) is 5.38. The lowest BCUT2D eigenvalue weighted by Gasteiger charge is -2.17. The fourth-order valence-electron chi connectivity index (χ4n) is 2.79. The first-order valence-corrected chi connectivity index (χ1v) is 8.71. The molecule has 2 rings (SSSR count). The molecule has 0 aliphatic carbocycles. The third-order valence-electron chi connectivity index (χ3n) is 3.87. The number of hydrogen-bond acceptors (Lipinski definition) is 4. The lowest BCUT2D eigenvalue weighted by atomic mass is 10.0. The molecule has 0 bridgehead atoms. The zero-order chi connectivity index (χ0) is 14.5. The molecular weight excluding hydrogens is 270 g/mol. The molecule has 0 radical (unpaired) electrons. The van der Waals surface area contributed by atoms with Crippen LogP contribution in [-0.2, 0) is 4.79 Å². The summed E-state index contributed by atoms with van der Waals surface area (Å²) in [6.45, 7) is 8.96. The highest BCUT2D eigenvalue weighted by Crippen LogP contribution is 2.34. The zero-order valence-corrected chi connectivity index (χ0v) is 13.4. The molecular formula is C15H27N3OS. The van der Waals surface area contributed by atoms with E-state index < -0.39 is 0 Å². The summed E-state index contributed by atoms with van der Waals surface area (Å²) in [7, 11) is 0. The lowest BCUT2D eigenvalue weighted by Crippen LogP contribution is -2.36. The van der Waals surface area contributed by atoms with Crippen LogP contribution in [0, 0.1) is 5.92 Å². The van der Waals surface area contributed by atoms with Crippen LogP contribution in [0.25, 0.3) is 0 Å². The highest BCUT2D eigenvalue weighted by molar-refractivity contribution is 8.00. The van der Waals surface area contributed by atoms with Gasteiger partial charge >= 0.3 is 0 Å². The Bertz CT molecular complexity index is 359. The summed E-state index contributed by atoms with van der Waals surface area (Å²) in [6.07, 6.45) is 3.97. The van der Waals surface area contributed by atoms with Crippen molar-refractivity contribution in [2.45, 2.75) is 56.9 Å². The summed E-state index contributed by atoms with van der Waals surface area (Å²) in [4.78, 5) is 11.6. The molecule has 2 aliphatic rings. The van der Waals surface area contributed by atoms with Gasteiger partial charge in [0.05, 0.1) is 17.9 Å². The van der Waals surface area contributed by atoms with Gasteiger partial charge in [0, 0.05) is 24.0 Å². The second-order valence-electron chi connectivity index (χ2n) is 6.21. The van der Waals surface area contributed by atoms with Crippen molar-refractivity contribution in [3.63, 3.8) is 0 Å². The van der Waals surface area contributed by atoms with Crippen LogP contribution in [0.2, 0.25) is 0 Å². The van der Waals surface area contributed by atoms with Crippen molar-refractivity contribution in [1.29, 1.82) is 0 Å². The van der Waals surface area contributed by atoms with E-state index in [1.165, 1.54) is 6.42 Å². The molecule has 5 heteroatoms. The van der Waals surface area contributed by atoms with E-state index in [1.54, 1.807) is 0 Å². The van der Waals surface area contributed by atoms with Gasteiger partial charge in [-0.05, 0) is 18.8 Å². The van der Waals surface area contributed by atoms with Gasteiger partial charge in [-0.15, -0.1) is 0 Å². The van der Waals surface area contributed by atoms with E-state index in [1.807, 2.05) is 11.8 Å². The maximum absolute atomic E-state index is 11.6. The highest BCUT2D eigenvalue weighted by atomic mass is 32.2. The van der Waals surface area contributed by atoms with Crippen molar-refractivity contribution in [2.24, 2.45) is 5.92 Å². The van der Waals surface area contributed by atoms with Crippen LogP contribution in [0.3, 0.4) is 0 Å². The van der Waals surface area contributed by atoms with Crippen molar-refractivity contribution in [3.05, 3.63) is 12.4 Å². The average molecular weight is 297 g/mol. The average Bonchev–Trinajstić information content (AvgIpc) is 2.92. The number of hydrogen-bond donors (Lipinski definition) is 3. The first-order chi connectivity index (χ1) is 9.56. The molecule has 0 aromatic rings. The van der Waals surface area contributed by atoms with Crippen LogP contribution in [-0.4, -0.2) is 35.5 Å². The molecule has 2 heterocycles. The number of unbranched alkanes of at least 4 members (excludes halogenated alkanes) is 1. The number of thioether (sulfide) groups is 1. The molecule has 2 aliphatic heterocycles. The molecule has 0 aromatic heterocycles. The van der Waals surface area contributed by atoms with Crippen LogP contribution in [0.5, 0.6) is 0 Å². The van der Waals surface area contributed by atoms with Crippen LogP contribution in [0.15, 0.2) is 12.4 Å². The van der Waals surface area contributed by atoms with E-state index in [0.717, 1.165) is 31.0 Å². The molecule has 3 N–H and O–H groups in total. The number of fused-ring (bicyclic) bond motifs is 1. The van der Waals surface area contributed by atoms with Gasteiger partial charge in [0.2, 0.25) is 5.91 Å². The van der Waals surface area contributed by atoms with Gasteiger partial charge in [0.25, 0.3) is 0 Å². The Morgan fingerprint density at radius 3 is 3.00 bits per heavy atom. The summed E-state index contributed by atoms with van der Waals surface area (Å²) in [5.74, 6) is 2.86. The SMILES string of the molecule is C=C1N[C@H]2[C@H](CS[C@H]2CCCCC(=O)NCC(C)C)N1. The Balaban J connectivity index is 1.57. The molecule has 2 saturated heterocycles. The molecule has 2 fully saturated rings. The fourth-order valence-corrected chi connectivity index (χ4v) is 4.33. The molecule has 1 amide bonds. The van der Waals surface area contributed by atoms with E-state index in [0.29, 0.717) is 29.7 Å². The summed E-state index contributed by atoms with van der Waals surface area (Å²) in [5, 5.41) is 10.5. The van der Waals surface area contributed by atoms with Crippen molar-refractivity contribution in [3.8, 4) is 0 Å². The van der Waals surface area contributed by atoms with E-state index >= 15 is 0 Å². The van der Waals surface area contributed by atoms with Crippen LogP contribution < -0.4 is 16.0 Å². The van der Waals surface area contributed by atoms with Crippen LogP contribution in [0.4, 0.5) is 0 Å². The molecule has 0 saturated carbocycles. The monoisotopic (exact) mass is 297 g/mol. The molecule has 0 aromatic carbocycles. The summed E-state index contributed by atoms with van der Waals surface area (Å²) < 4.78 is 0. The van der Waals surface area contributed by atoms with E-state index in [9.17, 15) is 4.79 Å². The second kappa shape index (κ2) is 7.25. The second-order valence-corrected chi connectivity index (χ2v) is 7.49. The topological polar surface area (TPSA) is 53.2 Å². The Hall–Kier alpha value is -0.840. The molecule has 114 valence electrons. The number of nitrogens with one attached hydrogen (secondary N) is 3. The maximum atomic E-state index is 11.6. The van der Waals surface area contributed by atoms with Gasteiger partial charge in [0.1, 0.15) is 0 Å². The molecule has 4 nitrogen and oxygen atoms in total. The number of carbonyl (C=O) groups excluding carboxylic acids is 1. The Kier molecular flexibility index (Phi) is 5.64. The van der Waals surface area contributed by atoms with E-state index in [-0.39, 0.29) is 5.91 Å². The van der Waals surface area contributed by atoms with Gasteiger partial charge in [-0.3, -0.25) is 4.79 Å². The first kappa shape index (κ1) is 15.5. The van der Waals surface area contributed by atoms with Crippen molar-refractivity contribution < 1.29 is 4.79 Å². The summed E-state index contributed by atoms with van der Waals surface area (Å²) >= 11 is 2.04. The smallest absolute Gasteiger partial charge is 0.220 e. The minimum absolute atomic E-state index is 0.199. The Morgan fingerprint density at radius 1 is 1.45 bits per heavy atom. The van der Waals surface area contributed by atoms with Gasteiger partial charge in [-0.25, -0.2) is 0 Å². The largest absolute Gasteiger partial charge is 0.367 e. The maximum Gasteiger partial charge on any atom is 0.220 e. The normalized spacial score (nSPS) is 28.1. The van der Waals surface area contributed by atoms with Crippen molar-refractivity contribution in [1.82, 2.24) is 16.0 Å². The highest BCUT2D eigenvalue weighted by Gasteiger charge is 2.40. The molecule has 20 heavy (non-hydrogen) atoms. The minimum Gasteiger partial charge on any atom is -0.367 e. The lowest BCUT2D eigenvalue weighted by molar-refractivity contribution is -0.121. The van der Waals surface area contributed by atoms with Gasteiger partial charge in [0.15, 0.2) is 0 Å². The van der Waals surface area contributed by atoms with Gasteiger partial charge < -0.3 is 16.0 Å². The Morgan fingerprint density at radius 2 is 2.25 bits per heavy atom. The summed E-state index contributed by atoms with van der Waals surface area (Å²) in [5.41, 5.74) is 0. The number of rotatable bonds is 7. The predicted octanol–water partition coefficient (Wildman–Crippen LogP) is 1.84. The number of carbonyl (C=O) groups is 1. The standard InChI is InChI=1S/C15H27N3OS/c1-10(2)8-16-14(19)7-5-4-6-13-15-12(9-20-13)17-11(3)18-15/h10,12-13,15,17-18H,3-9H2,1-2H3,(H,16,19)/t12-,13-,15-/m0/s1. The fraction of sp³-hybridized carbons (Fsp3) is 0.800.